The van der Waals surface area contributed by atoms with Gasteiger partial charge in [-0.25, -0.2) is 0 Å². The number of benzene rings is 5. The Bertz CT molecular complexity index is 1490. The smallest absolute Gasteiger partial charge is 0.872 e. The van der Waals surface area contributed by atoms with E-state index in [2.05, 4.69) is 4.98 Å². The van der Waals surface area contributed by atoms with Gasteiger partial charge in [0, 0.05) is 5.69 Å². The van der Waals surface area contributed by atoms with Crippen LogP contribution in [0.4, 0.5) is 0 Å². The fourth-order valence-electron chi connectivity index (χ4n) is 3.77. The average molecular weight is 524 g/mol. The predicted molar refractivity (Wildman–Crippen MR) is 154 cm³/mol. The monoisotopic (exact) mass is 523 g/mol. The Morgan fingerprint density at radius 2 is 0.872 bits per heavy atom. The zero-order valence-corrected chi connectivity index (χ0v) is 22.7. The Labute approximate surface area is 239 Å². The molecule has 0 saturated heterocycles. The molecule has 0 atom stereocenters. The van der Waals surface area contributed by atoms with Crippen molar-refractivity contribution in [3.63, 3.8) is 0 Å². The van der Waals surface area contributed by atoms with Gasteiger partial charge in [0.2, 0.25) is 0 Å². The SMILES string of the molecule is Cc1ccc2cccc([O-])c2n1.[Al+3].[O-]c1ccc(-c2ccccc2)cc1.[O-]c1ccc(-c2ccccc2)cc1. The third kappa shape index (κ3) is 8.48. The van der Waals surface area contributed by atoms with Gasteiger partial charge in [-0.1, -0.05) is 139 Å². The molecule has 6 aromatic rings. The summed E-state index contributed by atoms with van der Waals surface area (Å²) in [6, 6.07) is 42.7. The van der Waals surface area contributed by atoms with Crippen LogP contribution in [-0.4, -0.2) is 22.3 Å². The van der Waals surface area contributed by atoms with E-state index >= 15 is 0 Å². The molecule has 0 aliphatic rings. The molecule has 188 valence electrons. The van der Waals surface area contributed by atoms with Crippen LogP contribution in [0.1, 0.15) is 5.69 Å². The van der Waals surface area contributed by atoms with E-state index < -0.39 is 0 Å². The van der Waals surface area contributed by atoms with E-state index in [-0.39, 0.29) is 34.6 Å². The third-order valence-corrected chi connectivity index (χ3v) is 5.75. The second-order valence-electron chi connectivity index (χ2n) is 8.56. The first-order chi connectivity index (χ1) is 18.5. The van der Waals surface area contributed by atoms with Gasteiger partial charge in [-0.15, -0.1) is 11.5 Å². The molecule has 0 aliphatic heterocycles. The Kier molecular flexibility index (Phi) is 10.7. The van der Waals surface area contributed by atoms with E-state index in [4.69, 9.17) is 0 Å². The number of aryl methyl sites for hydroxylation is 1. The maximum absolute atomic E-state index is 11.3. The minimum atomic E-state index is -0.00352. The zero-order valence-electron chi connectivity index (χ0n) is 21.5. The third-order valence-electron chi connectivity index (χ3n) is 5.75. The molecule has 5 aromatic carbocycles. The van der Waals surface area contributed by atoms with E-state index in [1.54, 1.807) is 30.3 Å². The van der Waals surface area contributed by atoms with E-state index in [1.807, 2.05) is 110 Å². The van der Waals surface area contributed by atoms with Crippen molar-refractivity contribution in [2.75, 3.05) is 0 Å². The summed E-state index contributed by atoms with van der Waals surface area (Å²) < 4.78 is 0. The number of para-hydroxylation sites is 1. The molecule has 39 heavy (non-hydrogen) atoms. The number of hydrogen-bond donors (Lipinski definition) is 0. The van der Waals surface area contributed by atoms with Crippen molar-refractivity contribution in [1.82, 2.24) is 4.98 Å². The van der Waals surface area contributed by atoms with Crippen molar-refractivity contribution in [3.05, 3.63) is 145 Å². The van der Waals surface area contributed by atoms with Gasteiger partial charge >= 0.3 is 17.4 Å². The molecule has 1 aromatic heterocycles. The standard InChI is InChI=1S/2C12H10O.C10H9NO.Al/c2*13-12-8-6-11(7-9-12)10-4-2-1-3-5-10;1-7-5-6-8-3-2-4-9(12)10(8)11-7;/h2*1-9,13H;2-6,12H,1H3;/q;;;+3/p-3. The predicted octanol–water partition coefficient (Wildman–Crippen LogP) is 6.09. The number of hydrogen-bond acceptors (Lipinski definition) is 4. The van der Waals surface area contributed by atoms with Crippen LogP contribution in [0.5, 0.6) is 17.2 Å². The molecule has 5 heteroatoms. The largest absolute Gasteiger partial charge is 3.00 e. The molecule has 0 spiro atoms. The Morgan fingerprint density at radius 1 is 0.436 bits per heavy atom. The first kappa shape index (κ1) is 29.0. The van der Waals surface area contributed by atoms with Gasteiger partial charge in [0.05, 0.1) is 5.52 Å². The first-order valence-electron chi connectivity index (χ1n) is 12.2. The number of pyridine rings is 1. The van der Waals surface area contributed by atoms with Gasteiger partial charge in [-0.3, -0.25) is 4.98 Å². The summed E-state index contributed by atoms with van der Waals surface area (Å²) in [7, 11) is 0. The zero-order chi connectivity index (χ0) is 26.7. The van der Waals surface area contributed by atoms with Crippen molar-refractivity contribution in [1.29, 1.82) is 0 Å². The second kappa shape index (κ2) is 14.4. The summed E-state index contributed by atoms with van der Waals surface area (Å²) in [6.07, 6.45) is 0. The van der Waals surface area contributed by atoms with E-state index in [0.29, 0.717) is 5.52 Å². The van der Waals surface area contributed by atoms with Crippen LogP contribution in [0, 0.1) is 6.92 Å². The number of rotatable bonds is 2. The summed E-state index contributed by atoms with van der Waals surface area (Å²) in [4.78, 5) is 4.16. The summed E-state index contributed by atoms with van der Waals surface area (Å²) in [5, 5.41) is 33.9. The van der Waals surface area contributed by atoms with Crippen LogP contribution in [0.2, 0.25) is 0 Å². The molecular weight excluding hydrogens is 497 g/mol. The van der Waals surface area contributed by atoms with E-state index in [0.717, 1.165) is 33.3 Å². The molecule has 0 bridgehead atoms. The minimum absolute atomic E-state index is 0. The Hall–Kier alpha value is -4.56. The molecule has 6 rings (SSSR count). The molecule has 0 amide bonds. The fraction of sp³-hybridized carbons (Fsp3) is 0.0294. The van der Waals surface area contributed by atoms with Crippen LogP contribution in [0.25, 0.3) is 33.2 Å². The summed E-state index contributed by atoms with van der Waals surface area (Å²) in [5.74, 6) is 0.107. The van der Waals surface area contributed by atoms with Crippen LogP contribution in [-0.2, 0) is 0 Å². The van der Waals surface area contributed by atoms with Crippen LogP contribution < -0.4 is 15.3 Å². The molecular formula is C34H26AlNO3. The van der Waals surface area contributed by atoms with Gasteiger partial charge in [-0.2, -0.15) is 0 Å². The molecule has 0 saturated carbocycles. The molecule has 0 aliphatic carbocycles. The van der Waals surface area contributed by atoms with Gasteiger partial charge in [0.25, 0.3) is 0 Å². The van der Waals surface area contributed by atoms with Crippen molar-refractivity contribution in [3.8, 4) is 39.5 Å². The van der Waals surface area contributed by atoms with Gasteiger partial charge in [0.1, 0.15) is 0 Å². The quantitative estimate of drug-likeness (QED) is 0.257. The van der Waals surface area contributed by atoms with Crippen molar-refractivity contribution < 1.29 is 15.3 Å². The molecule has 0 unspecified atom stereocenters. The van der Waals surface area contributed by atoms with Crippen molar-refractivity contribution in [2.24, 2.45) is 0 Å². The van der Waals surface area contributed by atoms with Gasteiger partial charge in [0.15, 0.2) is 0 Å². The Balaban J connectivity index is 0.000000160. The van der Waals surface area contributed by atoms with E-state index in [9.17, 15) is 15.3 Å². The number of nitrogens with zero attached hydrogens (tertiary/aromatic N) is 1. The molecule has 0 radical (unpaired) electrons. The second-order valence-corrected chi connectivity index (χ2v) is 8.56. The molecule has 0 fully saturated rings. The minimum Gasteiger partial charge on any atom is -0.872 e. The molecule has 1 heterocycles. The summed E-state index contributed by atoms with van der Waals surface area (Å²) >= 11 is 0. The van der Waals surface area contributed by atoms with Crippen LogP contribution in [0.15, 0.2) is 140 Å². The fourth-order valence-corrected chi connectivity index (χ4v) is 3.77. The van der Waals surface area contributed by atoms with E-state index in [1.165, 1.54) is 6.07 Å². The topological polar surface area (TPSA) is 82.1 Å². The average Bonchev–Trinajstić information content (AvgIpc) is 2.96. The summed E-state index contributed by atoms with van der Waals surface area (Å²) in [6.45, 7) is 1.88. The van der Waals surface area contributed by atoms with Gasteiger partial charge < -0.3 is 15.3 Å². The normalized spacial score (nSPS) is 9.77. The van der Waals surface area contributed by atoms with Gasteiger partial charge in [-0.05, 0) is 40.6 Å². The summed E-state index contributed by atoms with van der Waals surface area (Å²) in [5.41, 5.74) is 5.90. The van der Waals surface area contributed by atoms with Crippen molar-refractivity contribution >= 4 is 28.3 Å². The number of fused-ring (bicyclic) bond motifs is 1. The molecule has 0 N–H and O–H groups in total. The Morgan fingerprint density at radius 3 is 1.33 bits per heavy atom. The molecule has 4 nitrogen and oxygen atoms in total. The van der Waals surface area contributed by atoms with Crippen molar-refractivity contribution in [2.45, 2.75) is 6.92 Å². The maximum Gasteiger partial charge on any atom is 3.00 e. The number of aromatic nitrogens is 1. The van der Waals surface area contributed by atoms with Crippen LogP contribution >= 0.6 is 0 Å². The van der Waals surface area contributed by atoms with Crippen LogP contribution in [0.3, 0.4) is 0 Å². The first-order valence-corrected chi connectivity index (χ1v) is 12.2. The maximum atomic E-state index is 11.3.